The van der Waals surface area contributed by atoms with Crippen molar-refractivity contribution in [2.45, 2.75) is 6.54 Å². The van der Waals surface area contributed by atoms with E-state index in [0.717, 1.165) is 11.3 Å². The molecule has 0 radical (unpaired) electrons. The molecule has 1 aromatic carbocycles. The molecule has 0 amide bonds. The maximum absolute atomic E-state index is 11.7. The van der Waals surface area contributed by atoms with E-state index in [-0.39, 0.29) is 5.69 Å². The lowest BCUT2D eigenvalue weighted by atomic mass is 10.2. The minimum atomic E-state index is -0.0517. The number of hydrogen-bond acceptors (Lipinski definition) is 2. The number of rotatable bonds is 2. The average molecular weight is 203 g/mol. The summed E-state index contributed by atoms with van der Waals surface area (Å²) in [5, 5.41) is 0. The summed E-state index contributed by atoms with van der Waals surface area (Å²) in [7, 11) is 1.73. The van der Waals surface area contributed by atoms with Crippen LogP contribution in [0.2, 0.25) is 0 Å². The predicted octanol–water partition coefficient (Wildman–Crippen LogP) is 0.635. The van der Waals surface area contributed by atoms with Gasteiger partial charge in [0.15, 0.2) is 0 Å². The SMILES string of the molecule is Cn1ccn(-c2cccc(CN)c2)c1=O. The van der Waals surface area contributed by atoms with Gasteiger partial charge in [0.1, 0.15) is 0 Å². The van der Waals surface area contributed by atoms with Crippen LogP contribution in [0.1, 0.15) is 5.56 Å². The van der Waals surface area contributed by atoms with Crippen molar-refractivity contribution in [2.75, 3.05) is 0 Å². The Morgan fingerprint density at radius 3 is 2.73 bits per heavy atom. The molecule has 1 heterocycles. The summed E-state index contributed by atoms with van der Waals surface area (Å²) < 4.78 is 3.13. The lowest BCUT2D eigenvalue weighted by Crippen LogP contribution is -2.20. The minimum Gasteiger partial charge on any atom is -0.326 e. The Morgan fingerprint density at radius 2 is 2.13 bits per heavy atom. The number of imidazole rings is 1. The normalized spacial score (nSPS) is 10.5. The van der Waals surface area contributed by atoms with Crippen LogP contribution in [0.5, 0.6) is 0 Å². The van der Waals surface area contributed by atoms with Gasteiger partial charge in [-0.15, -0.1) is 0 Å². The molecule has 2 aromatic rings. The van der Waals surface area contributed by atoms with Gasteiger partial charge in [-0.2, -0.15) is 0 Å². The molecule has 15 heavy (non-hydrogen) atoms. The highest BCUT2D eigenvalue weighted by molar-refractivity contribution is 5.35. The fraction of sp³-hybridized carbons (Fsp3) is 0.182. The van der Waals surface area contributed by atoms with Crippen molar-refractivity contribution in [2.24, 2.45) is 12.8 Å². The molecule has 2 N–H and O–H groups in total. The van der Waals surface area contributed by atoms with E-state index in [0.29, 0.717) is 6.54 Å². The minimum absolute atomic E-state index is 0.0517. The summed E-state index contributed by atoms with van der Waals surface area (Å²) in [5.41, 5.74) is 7.36. The molecule has 0 aliphatic heterocycles. The van der Waals surface area contributed by atoms with Crippen LogP contribution in [0.15, 0.2) is 41.5 Å². The van der Waals surface area contributed by atoms with Crippen LogP contribution >= 0.6 is 0 Å². The van der Waals surface area contributed by atoms with Gasteiger partial charge >= 0.3 is 5.69 Å². The molecule has 4 heteroatoms. The summed E-state index contributed by atoms with van der Waals surface area (Å²) in [5.74, 6) is 0. The second kappa shape index (κ2) is 3.74. The van der Waals surface area contributed by atoms with Crippen molar-refractivity contribution in [3.63, 3.8) is 0 Å². The van der Waals surface area contributed by atoms with Gasteiger partial charge in [-0.1, -0.05) is 12.1 Å². The van der Waals surface area contributed by atoms with Crippen LogP contribution < -0.4 is 11.4 Å². The molecule has 78 valence electrons. The molecular weight excluding hydrogens is 190 g/mol. The Morgan fingerprint density at radius 1 is 1.33 bits per heavy atom. The number of benzene rings is 1. The van der Waals surface area contributed by atoms with Crippen LogP contribution in [0.3, 0.4) is 0 Å². The Kier molecular flexibility index (Phi) is 2.43. The molecule has 0 aliphatic rings. The smallest absolute Gasteiger partial charge is 0.326 e. The largest absolute Gasteiger partial charge is 0.332 e. The number of nitrogens with zero attached hydrogens (tertiary/aromatic N) is 2. The quantitative estimate of drug-likeness (QED) is 0.778. The fourth-order valence-electron chi connectivity index (χ4n) is 1.49. The molecule has 0 bridgehead atoms. The zero-order valence-corrected chi connectivity index (χ0v) is 8.55. The van der Waals surface area contributed by atoms with Gasteiger partial charge in [0.25, 0.3) is 0 Å². The first-order valence-corrected chi connectivity index (χ1v) is 4.76. The van der Waals surface area contributed by atoms with E-state index in [9.17, 15) is 4.79 Å². The maximum atomic E-state index is 11.7. The first-order valence-electron chi connectivity index (χ1n) is 4.76. The highest BCUT2D eigenvalue weighted by Crippen LogP contribution is 2.07. The predicted molar refractivity (Wildman–Crippen MR) is 58.9 cm³/mol. The fourth-order valence-corrected chi connectivity index (χ4v) is 1.49. The van der Waals surface area contributed by atoms with Crippen molar-refractivity contribution in [3.05, 3.63) is 52.7 Å². The van der Waals surface area contributed by atoms with Gasteiger partial charge < -0.3 is 10.3 Å². The van der Waals surface area contributed by atoms with Crippen LogP contribution in [0.25, 0.3) is 5.69 Å². The molecule has 0 unspecified atom stereocenters. The summed E-state index contributed by atoms with van der Waals surface area (Å²) >= 11 is 0. The van der Waals surface area contributed by atoms with Crippen molar-refractivity contribution in [1.29, 1.82) is 0 Å². The van der Waals surface area contributed by atoms with Gasteiger partial charge in [-0.05, 0) is 17.7 Å². The number of nitrogens with two attached hydrogens (primary N) is 1. The first-order chi connectivity index (χ1) is 7.22. The Labute approximate surface area is 87.6 Å². The second-order valence-electron chi connectivity index (χ2n) is 3.44. The van der Waals surface area contributed by atoms with E-state index in [1.54, 1.807) is 24.0 Å². The molecule has 4 nitrogen and oxygen atoms in total. The van der Waals surface area contributed by atoms with Crippen molar-refractivity contribution >= 4 is 0 Å². The monoisotopic (exact) mass is 203 g/mol. The Balaban J connectivity index is 2.54. The third-order valence-corrected chi connectivity index (χ3v) is 2.37. The zero-order valence-electron chi connectivity index (χ0n) is 8.55. The van der Waals surface area contributed by atoms with Crippen LogP contribution in [-0.2, 0) is 13.6 Å². The maximum Gasteiger partial charge on any atom is 0.332 e. The molecule has 0 saturated heterocycles. The Hall–Kier alpha value is -1.81. The van der Waals surface area contributed by atoms with Crippen molar-refractivity contribution in [1.82, 2.24) is 9.13 Å². The van der Waals surface area contributed by atoms with Gasteiger partial charge in [0.05, 0.1) is 5.69 Å². The lowest BCUT2D eigenvalue weighted by molar-refractivity contribution is 0.823. The van der Waals surface area contributed by atoms with Crippen LogP contribution in [0, 0.1) is 0 Å². The van der Waals surface area contributed by atoms with E-state index < -0.39 is 0 Å². The van der Waals surface area contributed by atoms with E-state index >= 15 is 0 Å². The van der Waals surface area contributed by atoms with E-state index in [4.69, 9.17) is 5.73 Å². The van der Waals surface area contributed by atoms with Crippen molar-refractivity contribution in [3.8, 4) is 5.69 Å². The third-order valence-electron chi connectivity index (χ3n) is 2.37. The van der Waals surface area contributed by atoms with Crippen LogP contribution in [0.4, 0.5) is 0 Å². The molecule has 1 aromatic heterocycles. The van der Waals surface area contributed by atoms with Gasteiger partial charge in [-0.3, -0.25) is 4.57 Å². The highest BCUT2D eigenvalue weighted by atomic mass is 16.1. The molecule has 0 aliphatic carbocycles. The van der Waals surface area contributed by atoms with Gasteiger partial charge in [0.2, 0.25) is 0 Å². The van der Waals surface area contributed by atoms with E-state index in [2.05, 4.69) is 0 Å². The molecule has 0 atom stereocenters. The molecule has 0 saturated carbocycles. The third kappa shape index (κ3) is 1.71. The molecule has 0 fully saturated rings. The highest BCUT2D eigenvalue weighted by Gasteiger charge is 2.02. The van der Waals surface area contributed by atoms with E-state index in [1.165, 1.54) is 4.57 Å². The lowest BCUT2D eigenvalue weighted by Gasteiger charge is -2.03. The molecule has 2 rings (SSSR count). The second-order valence-corrected chi connectivity index (χ2v) is 3.44. The first kappa shape index (κ1) is 9.73. The average Bonchev–Trinajstić information content (AvgIpc) is 2.60. The summed E-state index contributed by atoms with van der Waals surface area (Å²) in [6, 6.07) is 7.65. The standard InChI is InChI=1S/C11H13N3O/c1-13-5-6-14(11(13)15)10-4-2-3-9(7-10)8-12/h2-7H,8,12H2,1H3. The molecule has 0 spiro atoms. The van der Waals surface area contributed by atoms with Crippen molar-refractivity contribution < 1.29 is 0 Å². The number of hydrogen-bond donors (Lipinski definition) is 1. The van der Waals surface area contributed by atoms with Gasteiger partial charge in [-0.25, -0.2) is 4.79 Å². The number of aromatic nitrogens is 2. The zero-order chi connectivity index (χ0) is 10.8. The number of aryl methyl sites for hydroxylation is 1. The summed E-state index contributed by atoms with van der Waals surface area (Å²) in [4.78, 5) is 11.7. The summed E-state index contributed by atoms with van der Waals surface area (Å²) in [6.07, 6.45) is 3.48. The molecular formula is C11H13N3O. The topological polar surface area (TPSA) is 52.9 Å². The van der Waals surface area contributed by atoms with Gasteiger partial charge in [0, 0.05) is 26.0 Å². The van der Waals surface area contributed by atoms with E-state index in [1.807, 2.05) is 24.3 Å². The summed E-state index contributed by atoms with van der Waals surface area (Å²) in [6.45, 7) is 0.482. The Bertz CT molecular complexity index is 525. The van der Waals surface area contributed by atoms with Crippen LogP contribution in [-0.4, -0.2) is 9.13 Å².